The zero-order valence-corrected chi connectivity index (χ0v) is 11.1. The van der Waals surface area contributed by atoms with Crippen LogP contribution in [0, 0.1) is 12.8 Å². The van der Waals surface area contributed by atoms with Crippen LogP contribution in [0.5, 0.6) is 0 Å². The van der Waals surface area contributed by atoms with E-state index in [9.17, 15) is 9.90 Å². The van der Waals surface area contributed by atoms with Gasteiger partial charge in [0, 0.05) is 13.1 Å². The highest BCUT2D eigenvalue weighted by Gasteiger charge is 2.27. The quantitative estimate of drug-likeness (QED) is 0.865. The molecule has 1 N–H and O–H groups in total. The maximum Gasteiger partial charge on any atom is 0.227 e. The van der Waals surface area contributed by atoms with Gasteiger partial charge in [0.25, 0.3) is 0 Å². The van der Waals surface area contributed by atoms with Crippen LogP contribution >= 0.6 is 0 Å². The molecular weight excluding hydrogens is 226 g/mol. The third kappa shape index (κ3) is 2.91. The summed E-state index contributed by atoms with van der Waals surface area (Å²) in [5.41, 5.74) is 2.23. The molecular formula is C15H21NO2. The summed E-state index contributed by atoms with van der Waals surface area (Å²) in [5.74, 6) is 0.419. The van der Waals surface area contributed by atoms with Gasteiger partial charge in [0.05, 0.1) is 12.5 Å². The number of aryl methyl sites for hydroxylation is 1. The molecule has 1 heterocycles. The van der Waals surface area contributed by atoms with Crippen molar-refractivity contribution in [2.24, 2.45) is 5.92 Å². The first-order valence-corrected chi connectivity index (χ1v) is 6.58. The summed E-state index contributed by atoms with van der Waals surface area (Å²) in [6.07, 6.45) is 0.952. The number of carbonyl (C=O) groups is 1. The van der Waals surface area contributed by atoms with Crippen LogP contribution in [0.15, 0.2) is 24.3 Å². The number of likely N-dealkylation sites (tertiary alicyclic amines) is 1. The van der Waals surface area contributed by atoms with Crippen molar-refractivity contribution >= 4 is 5.91 Å². The molecule has 0 radical (unpaired) electrons. The molecule has 1 saturated heterocycles. The molecule has 1 fully saturated rings. The van der Waals surface area contributed by atoms with Crippen molar-refractivity contribution in [2.75, 3.05) is 13.1 Å². The molecule has 1 aliphatic heterocycles. The number of amides is 1. The standard InChI is InChI=1S/C15H21NO2/c1-11-5-3-4-6-13(11)9-15(18)16-8-7-12(2)14(17)10-16/h3-6,12,14,17H,7-10H2,1-2H3. The third-order valence-electron chi connectivity index (χ3n) is 3.87. The molecule has 0 saturated carbocycles. The van der Waals surface area contributed by atoms with Gasteiger partial charge in [-0.1, -0.05) is 31.2 Å². The molecule has 0 aliphatic carbocycles. The lowest BCUT2D eigenvalue weighted by Gasteiger charge is -2.34. The zero-order chi connectivity index (χ0) is 13.1. The summed E-state index contributed by atoms with van der Waals surface area (Å²) in [7, 11) is 0. The largest absolute Gasteiger partial charge is 0.391 e. The normalized spacial score (nSPS) is 24.1. The molecule has 0 aromatic heterocycles. The van der Waals surface area contributed by atoms with Gasteiger partial charge in [0.15, 0.2) is 0 Å². The maximum atomic E-state index is 12.2. The van der Waals surface area contributed by atoms with Crippen LogP contribution < -0.4 is 0 Å². The Hall–Kier alpha value is -1.35. The number of rotatable bonds is 2. The average molecular weight is 247 g/mol. The van der Waals surface area contributed by atoms with Crippen LogP contribution in [0.4, 0.5) is 0 Å². The van der Waals surface area contributed by atoms with Gasteiger partial charge in [-0.3, -0.25) is 4.79 Å². The van der Waals surface area contributed by atoms with E-state index in [0.29, 0.717) is 18.9 Å². The number of piperidine rings is 1. The first-order chi connectivity index (χ1) is 8.58. The third-order valence-corrected chi connectivity index (χ3v) is 3.87. The van der Waals surface area contributed by atoms with Crippen LogP contribution in [0.25, 0.3) is 0 Å². The fourth-order valence-electron chi connectivity index (χ4n) is 2.36. The Morgan fingerprint density at radius 2 is 2.17 bits per heavy atom. The fourth-order valence-corrected chi connectivity index (χ4v) is 2.36. The van der Waals surface area contributed by atoms with Crippen molar-refractivity contribution in [1.82, 2.24) is 4.90 Å². The van der Waals surface area contributed by atoms with E-state index in [1.807, 2.05) is 38.1 Å². The summed E-state index contributed by atoms with van der Waals surface area (Å²) in [6, 6.07) is 7.96. The number of aliphatic hydroxyl groups excluding tert-OH is 1. The molecule has 0 bridgehead atoms. The zero-order valence-electron chi connectivity index (χ0n) is 11.1. The Morgan fingerprint density at radius 1 is 1.44 bits per heavy atom. The second kappa shape index (κ2) is 5.53. The Kier molecular flexibility index (Phi) is 4.02. The summed E-state index contributed by atoms with van der Waals surface area (Å²) < 4.78 is 0. The van der Waals surface area contributed by atoms with Gasteiger partial charge in [-0.25, -0.2) is 0 Å². The second-order valence-electron chi connectivity index (χ2n) is 5.28. The number of nitrogens with zero attached hydrogens (tertiary/aromatic N) is 1. The number of β-amino-alcohol motifs (C(OH)–C–C–N with tert-alkyl or cyclic N) is 1. The molecule has 1 aliphatic rings. The Bertz CT molecular complexity index is 430. The van der Waals surface area contributed by atoms with Gasteiger partial charge in [-0.2, -0.15) is 0 Å². The smallest absolute Gasteiger partial charge is 0.227 e. The van der Waals surface area contributed by atoms with E-state index in [0.717, 1.165) is 24.1 Å². The molecule has 98 valence electrons. The van der Waals surface area contributed by atoms with Gasteiger partial charge in [-0.05, 0) is 30.4 Å². The molecule has 2 atom stereocenters. The minimum absolute atomic E-state index is 0.121. The van der Waals surface area contributed by atoms with Gasteiger partial charge >= 0.3 is 0 Å². The Balaban J connectivity index is 1.99. The molecule has 18 heavy (non-hydrogen) atoms. The number of hydrogen-bond donors (Lipinski definition) is 1. The summed E-state index contributed by atoms with van der Waals surface area (Å²) in [6.45, 7) is 5.30. The van der Waals surface area contributed by atoms with Gasteiger partial charge in [-0.15, -0.1) is 0 Å². The first-order valence-electron chi connectivity index (χ1n) is 6.58. The van der Waals surface area contributed by atoms with E-state index < -0.39 is 0 Å². The molecule has 1 aromatic carbocycles. The lowest BCUT2D eigenvalue weighted by molar-refractivity contribution is -0.134. The summed E-state index contributed by atoms with van der Waals surface area (Å²) in [5, 5.41) is 9.82. The minimum atomic E-state index is -0.375. The Labute approximate surface area is 108 Å². The van der Waals surface area contributed by atoms with Crippen molar-refractivity contribution in [1.29, 1.82) is 0 Å². The van der Waals surface area contributed by atoms with E-state index in [-0.39, 0.29) is 12.0 Å². The molecule has 3 nitrogen and oxygen atoms in total. The monoisotopic (exact) mass is 247 g/mol. The number of aliphatic hydroxyl groups is 1. The topological polar surface area (TPSA) is 40.5 Å². The highest BCUT2D eigenvalue weighted by Crippen LogP contribution is 2.18. The first kappa shape index (κ1) is 13.1. The van der Waals surface area contributed by atoms with Gasteiger partial charge < -0.3 is 10.0 Å². The van der Waals surface area contributed by atoms with Crippen molar-refractivity contribution in [3.8, 4) is 0 Å². The Morgan fingerprint density at radius 3 is 2.83 bits per heavy atom. The van der Waals surface area contributed by atoms with E-state index >= 15 is 0 Å². The fraction of sp³-hybridized carbons (Fsp3) is 0.533. The summed E-state index contributed by atoms with van der Waals surface area (Å²) in [4.78, 5) is 14.0. The van der Waals surface area contributed by atoms with E-state index in [4.69, 9.17) is 0 Å². The molecule has 2 unspecified atom stereocenters. The lowest BCUT2D eigenvalue weighted by Crippen LogP contribution is -2.46. The van der Waals surface area contributed by atoms with Crippen molar-refractivity contribution in [2.45, 2.75) is 32.8 Å². The van der Waals surface area contributed by atoms with Gasteiger partial charge in [0.2, 0.25) is 5.91 Å². The predicted molar refractivity (Wildman–Crippen MR) is 71.3 cm³/mol. The van der Waals surface area contributed by atoms with Crippen LogP contribution in [0.3, 0.4) is 0 Å². The van der Waals surface area contributed by atoms with Crippen LogP contribution in [0.1, 0.15) is 24.5 Å². The number of carbonyl (C=O) groups excluding carboxylic acids is 1. The van der Waals surface area contributed by atoms with Crippen LogP contribution in [0.2, 0.25) is 0 Å². The molecule has 1 aromatic rings. The van der Waals surface area contributed by atoms with Crippen LogP contribution in [-0.2, 0) is 11.2 Å². The van der Waals surface area contributed by atoms with Gasteiger partial charge in [0.1, 0.15) is 0 Å². The molecule has 3 heteroatoms. The molecule has 1 amide bonds. The maximum absolute atomic E-state index is 12.2. The van der Waals surface area contributed by atoms with E-state index in [1.165, 1.54) is 0 Å². The lowest BCUT2D eigenvalue weighted by atomic mass is 9.95. The number of benzene rings is 1. The average Bonchev–Trinajstić information content (AvgIpc) is 2.35. The molecule has 2 rings (SSSR count). The highest BCUT2D eigenvalue weighted by molar-refractivity contribution is 5.79. The van der Waals surface area contributed by atoms with E-state index in [2.05, 4.69) is 0 Å². The SMILES string of the molecule is Cc1ccccc1CC(=O)N1CCC(C)C(O)C1. The number of hydrogen-bond acceptors (Lipinski definition) is 2. The van der Waals surface area contributed by atoms with Crippen molar-refractivity contribution in [3.63, 3.8) is 0 Å². The van der Waals surface area contributed by atoms with E-state index in [1.54, 1.807) is 4.90 Å². The highest BCUT2D eigenvalue weighted by atomic mass is 16.3. The second-order valence-corrected chi connectivity index (χ2v) is 5.28. The minimum Gasteiger partial charge on any atom is -0.391 e. The van der Waals surface area contributed by atoms with Crippen molar-refractivity contribution in [3.05, 3.63) is 35.4 Å². The van der Waals surface area contributed by atoms with Crippen LogP contribution in [-0.4, -0.2) is 35.1 Å². The summed E-state index contributed by atoms with van der Waals surface area (Å²) >= 11 is 0. The molecule has 0 spiro atoms. The van der Waals surface area contributed by atoms with Crippen molar-refractivity contribution < 1.29 is 9.90 Å². The predicted octanol–water partition coefficient (Wildman–Crippen LogP) is 1.77.